The number of pyridine rings is 1. The van der Waals surface area contributed by atoms with Crippen molar-refractivity contribution in [1.82, 2.24) is 24.0 Å². The maximum Gasteiger partial charge on any atom is 0.339 e. The van der Waals surface area contributed by atoms with E-state index in [1.54, 1.807) is 19.2 Å². The highest BCUT2D eigenvalue weighted by Gasteiger charge is 2.61. The highest BCUT2D eigenvalue weighted by Crippen LogP contribution is 2.60. The Bertz CT molecular complexity index is 2090. The van der Waals surface area contributed by atoms with Gasteiger partial charge in [-0.05, 0) is 85.8 Å². The van der Waals surface area contributed by atoms with Crippen LogP contribution < -0.4 is 4.74 Å². The number of benzene rings is 2. The summed E-state index contributed by atoms with van der Waals surface area (Å²) >= 11 is 0. The van der Waals surface area contributed by atoms with Gasteiger partial charge in [0.2, 0.25) is 0 Å². The average Bonchev–Trinajstić information content (AvgIpc) is 3.69. The van der Waals surface area contributed by atoms with Crippen molar-refractivity contribution in [1.29, 1.82) is 0 Å². The lowest BCUT2D eigenvalue weighted by atomic mass is 9.53. The van der Waals surface area contributed by atoms with Gasteiger partial charge in [-0.2, -0.15) is 0 Å². The van der Waals surface area contributed by atoms with Crippen molar-refractivity contribution in [2.75, 3.05) is 13.7 Å². The fourth-order valence-corrected chi connectivity index (χ4v) is 8.34. The predicted octanol–water partition coefficient (Wildman–Crippen LogP) is 5.99. The minimum Gasteiger partial charge on any atom is -0.494 e. The van der Waals surface area contributed by atoms with Crippen molar-refractivity contribution < 1.29 is 23.8 Å². The molecule has 0 spiro atoms. The van der Waals surface area contributed by atoms with Gasteiger partial charge in [-0.25, -0.2) is 19.2 Å². The molecule has 9 nitrogen and oxygen atoms in total. The Balaban J connectivity index is 1.16. The molecular formula is C35H32FN5O4. The molecule has 3 unspecified atom stereocenters. The maximum atomic E-state index is 14.6. The zero-order valence-corrected chi connectivity index (χ0v) is 25.0. The van der Waals surface area contributed by atoms with Crippen LogP contribution in [0.2, 0.25) is 0 Å². The molecule has 1 saturated heterocycles. The molecule has 1 aliphatic heterocycles. The summed E-state index contributed by atoms with van der Waals surface area (Å²) in [7, 11) is 3.57. The maximum absolute atomic E-state index is 14.6. The minimum atomic E-state index is -1.33. The van der Waals surface area contributed by atoms with Crippen LogP contribution in [-0.2, 0) is 13.6 Å². The molecule has 4 heterocycles. The average molecular weight is 606 g/mol. The number of imidazole rings is 1. The topological polar surface area (TPSA) is 102 Å². The van der Waals surface area contributed by atoms with Crippen molar-refractivity contribution in [3.8, 4) is 28.5 Å². The van der Waals surface area contributed by atoms with Gasteiger partial charge in [0.15, 0.2) is 5.82 Å². The summed E-state index contributed by atoms with van der Waals surface area (Å²) in [6.07, 6.45) is 4.62. The van der Waals surface area contributed by atoms with Gasteiger partial charge in [-0.15, -0.1) is 0 Å². The number of carboxylic acid groups (broad SMARTS) is 1. The Labute approximate surface area is 258 Å². The van der Waals surface area contributed by atoms with Crippen molar-refractivity contribution in [3.63, 3.8) is 0 Å². The Morgan fingerprint density at radius 2 is 1.91 bits per heavy atom. The molecule has 1 N–H and O–H groups in total. The number of amides is 1. The highest BCUT2D eigenvalue weighted by molar-refractivity contribution is 6.01. The van der Waals surface area contributed by atoms with Crippen LogP contribution in [-0.4, -0.2) is 60.7 Å². The summed E-state index contributed by atoms with van der Waals surface area (Å²) in [4.78, 5) is 37.8. The van der Waals surface area contributed by atoms with E-state index in [0.29, 0.717) is 57.8 Å². The number of aromatic nitrogens is 4. The highest BCUT2D eigenvalue weighted by atomic mass is 19.1. The number of carbonyl (C=O) groups excluding carboxylic acids is 1. The summed E-state index contributed by atoms with van der Waals surface area (Å²) < 4.78 is 24.5. The monoisotopic (exact) mass is 605 g/mol. The number of carboxylic acids is 1. The van der Waals surface area contributed by atoms with Crippen molar-refractivity contribution >= 4 is 33.9 Å². The summed E-state index contributed by atoms with van der Waals surface area (Å²) in [5.41, 5.74) is 3.88. The number of carbonyl (C=O) groups is 2. The van der Waals surface area contributed by atoms with E-state index in [4.69, 9.17) is 14.7 Å². The molecule has 4 atom stereocenters. The third-order valence-corrected chi connectivity index (χ3v) is 10.8. The Morgan fingerprint density at radius 1 is 1.07 bits per heavy atom. The molecule has 9 rings (SSSR count). The number of methoxy groups -OCH3 is 1. The molecule has 3 aliphatic carbocycles. The first-order valence-electron chi connectivity index (χ1n) is 15.7. The van der Waals surface area contributed by atoms with E-state index >= 15 is 0 Å². The molecule has 10 heteroatoms. The lowest BCUT2D eigenvalue weighted by Crippen LogP contribution is -2.53. The standard InChI is InChI=1S/C35H32FN5O4/c1-39-31-25(11-20(14-28(31)45-2)34(42)41-16-21-10-19-13-26(41)29(19)21)38-33(39)27-12-18-8-9-24(37-32(18)40(27)15-17-6-7-17)22-4-3-5-23(36)30(22)35(43)44/h3-5,8-9,11-12,14,17,19,21,26,29H,6-7,10,13,15-16H2,1-2H3,(H,43,44)/t19?,21?,26?,29-/m1/s1. The zero-order valence-electron chi connectivity index (χ0n) is 25.0. The van der Waals surface area contributed by atoms with E-state index in [1.165, 1.54) is 12.5 Å². The van der Waals surface area contributed by atoms with E-state index in [0.717, 1.165) is 60.9 Å². The van der Waals surface area contributed by atoms with Crippen LogP contribution in [0.15, 0.2) is 48.5 Å². The van der Waals surface area contributed by atoms with Crippen LogP contribution >= 0.6 is 0 Å². The molecule has 4 aliphatic rings. The van der Waals surface area contributed by atoms with E-state index in [2.05, 4.69) is 9.47 Å². The molecule has 228 valence electrons. The van der Waals surface area contributed by atoms with Crippen LogP contribution in [0.3, 0.4) is 0 Å². The number of hydrogen-bond acceptors (Lipinski definition) is 5. The van der Waals surface area contributed by atoms with Gasteiger partial charge in [0, 0.05) is 42.7 Å². The number of hydrogen-bond donors (Lipinski definition) is 1. The van der Waals surface area contributed by atoms with Gasteiger partial charge in [0.25, 0.3) is 5.91 Å². The molecule has 4 fully saturated rings. The van der Waals surface area contributed by atoms with Gasteiger partial charge in [0.1, 0.15) is 28.3 Å². The summed E-state index contributed by atoms with van der Waals surface area (Å²) in [5, 5.41) is 10.6. The summed E-state index contributed by atoms with van der Waals surface area (Å²) in [6.45, 7) is 1.58. The molecule has 0 bridgehead atoms. The minimum absolute atomic E-state index is 0.0536. The van der Waals surface area contributed by atoms with Gasteiger partial charge in [-0.3, -0.25) is 4.79 Å². The van der Waals surface area contributed by atoms with E-state index in [1.807, 2.05) is 35.9 Å². The number of ether oxygens (including phenoxy) is 1. The quantitative estimate of drug-likeness (QED) is 0.244. The van der Waals surface area contributed by atoms with Gasteiger partial charge >= 0.3 is 5.97 Å². The SMILES string of the molecule is COc1cc(C(=O)N2CC3CC4CC2[C@H]43)cc2nc(-c3cc4ccc(-c5cccc(F)c5C(=O)O)nc4n3CC3CC3)n(C)c12. The van der Waals surface area contributed by atoms with Crippen LogP contribution in [0.25, 0.3) is 44.8 Å². The number of nitrogens with zero attached hydrogens (tertiary/aromatic N) is 5. The third-order valence-electron chi connectivity index (χ3n) is 10.8. The molecule has 45 heavy (non-hydrogen) atoms. The summed E-state index contributed by atoms with van der Waals surface area (Å²) in [5.74, 6) is 1.91. The zero-order chi connectivity index (χ0) is 30.7. The number of halogens is 1. The smallest absolute Gasteiger partial charge is 0.339 e. The van der Waals surface area contributed by atoms with Crippen molar-refractivity contribution in [3.05, 3.63) is 65.5 Å². The van der Waals surface area contributed by atoms with E-state index < -0.39 is 17.3 Å². The number of likely N-dealkylation sites (tertiary alicyclic amines) is 1. The molecule has 3 saturated carbocycles. The van der Waals surface area contributed by atoms with Gasteiger partial charge < -0.3 is 23.9 Å². The first kappa shape index (κ1) is 26.7. The van der Waals surface area contributed by atoms with E-state index in [-0.39, 0.29) is 11.5 Å². The fraction of sp³-hybridized carbons (Fsp3) is 0.371. The van der Waals surface area contributed by atoms with Gasteiger partial charge in [-0.1, -0.05) is 12.1 Å². The second-order valence-corrected chi connectivity index (χ2v) is 13.3. The molecule has 2 aromatic carbocycles. The second-order valence-electron chi connectivity index (χ2n) is 13.3. The number of rotatable bonds is 7. The molecule has 1 amide bonds. The van der Waals surface area contributed by atoms with Crippen molar-refractivity contribution in [2.45, 2.75) is 38.3 Å². The normalized spacial score (nSPS) is 23.2. The summed E-state index contributed by atoms with van der Waals surface area (Å²) in [6, 6.07) is 14.0. The van der Waals surface area contributed by atoms with Crippen LogP contribution in [0.1, 0.15) is 46.4 Å². The molecule has 0 radical (unpaired) electrons. The third kappa shape index (κ3) is 3.83. The van der Waals surface area contributed by atoms with Crippen molar-refractivity contribution in [2.24, 2.45) is 30.7 Å². The second kappa shape index (κ2) is 9.39. The van der Waals surface area contributed by atoms with Crippen LogP contribution in [0, 0.1) is 29.5 Å². The molecule has 3 aromatic heterocycles. The largest absolute Gasteiger partial charge is 0.494 e. The number of aromatic carboxylic acids is 1. The lowest BCUT2D eigenvalue weighted by molar-refractivity contribution is -0.0204. The first-order valence-corrected chi connectivity index (χ1v) is 15.7. The van der Waals surface area contributed by atoms with Crippen LogP contribution in [0.4, 0.5) is 4.39 Å². The Kier molecular flexibility index (Phi) is 5.56. The predicted molar refractivity (Wildman–Crippen MR) is 166 cm³/mol. The lowest BCUT2D eigenvalue weighted by Gasteiger charge is -2.52. The van der Waals surface area contributed by atoms with Crippen LogP contribution in [0.5, 0.6) is 5.75 Å². The van der Waals surface area contributed by atoms with E-state index in [9.17, 15) is 19.1 Å². The number of aryl methyl sites for hydroxylation is 1. The first-order chi connectivity index (χ1) is 21.8. The number of fused-ring (bicyclic) bond motifs is 2. The van der Waals surface area contributed by atoms with Gasteiger partial charge in [0.05, 0.1) is 24.0 Å². The molecular weight excluding hydrogens is 573 g/mol. The molecule has 5 aromatic rings. The Morgan fingerprint density at radius 3 is 2.64 bits per heavy atom. The Hall–Kier alpha value is -4.73. The fourth-order valence-electron chi connectivity index (χ4n) is 8.34.